The smallest absolute Gasteiger partial charge is 0.134 e. The van der Waals surface area contributed by atoms with Crippen LogP contribution in [0, 0.1) is 5.41 Å². The van der Waals surface area contributed by atoms with Gasteiger partial charge in [0.15, 0.2) is 0 Å². The third-order valence-corrected chi connectivity index (χ3v) is 8.19. The van der Waals surface area contributed by atoms with Gasteiger partial charge in [0, 0.05) is 0 Å². The third kappa shape index (κ3) is 5.27. The molecular weight excluding hydrogens is 516 g/mol. The molecule has 0 aliphatic heterocycles. The van der Waals surface area contributed by atoms with Crippen LogP contribution in [0.25, 0.3) is 27.1 Å². The molecule has 0 N–H and O–H groups in total. The van der Waals surface area contributed by atoms with Crippen molar-refractivity contribution in [1.82, 2.24) is 0 Å². The number of fused-ring (bicyclic) bond motifs is 5. The second-order valence-corrected chi connectivity index (χ2v) is 12.6. The SMILES string of the molecule is CCCOc1cc2c3c(ccc2cc1Br)C1=C(CC(C)(C)C=C1)CC3(C)C.c1ccc2ccccc2c1. The summed E-state index contributed by atoms with van der Waals surface area (Å²) >= 11 is 3.69. The molecule has 0 fully saturated rings. The van der Waals surface area contributed by atoms with Gasteiger partial charge in [-0.1, -0.05) is 113 Å². The van der Waals surface area contributed by atoms with Crippen molar-refractivity contribution < 1.29 is 4.74 Å². The van der Waals surface area contributed by atoms with Crippen LogP contribution in [0.5, 0.6) is 5.75 Å². The number of ether oxygens (including phenoxy) is 1. The molecule has 2 aliphatic carbocycles. The lowest BCUT2D eigenvalue weighted by Gasteiger charge is -2.40. The zero-order valence-electron chi connectivity index (χ0n) is 22.7. The van der Waals surface area contributed by atoms with Crippen LogP contribution in [0.4, 0.5) is 0 Å². The molecular formula is C35H37BrO. The molecule has 190 valence electrons. The highest BCUT2D eigenvalue weighted by atomic mass is 79.9. The quantitative estimate of drug-likeness (QED) is 0.245. The summed E-state index contributed by atoms with van der Waals surface area (Å²) in [6.45, 7) is 12.4. The summed E-state index contributed by atoms with van der Waals surface area (Å²) in [4.78, 5) is 0. The van der Waals surface area contributed by atoms with E-state index in [1.807, 2.05) is 0 Å². The topological polar surface area (TPSA) is 9.23 Å². The Labute approximate surface area is 230 Å². The van der Waals surface area contributed by atoms with E-state index in [1.54, 1.807) is 5.57 Å². The van der Waals surface area contributed by atoms with E-state index in [-0.39, 0.29) is 10.8 Å². The molecule has 2 heteroatoms. The van der Waals surface area contributed by atoms with Gasteiger partial charge in [-0.25, -0.2) is 0 Å². The number of hydrogen-bond acceptors (Lipinski definition) is 1. The van der Waals surface area contributed by atoms with Crippen LogP contribution in [0.2, 0.25) is 0 Å². The lowest BCUT2D eigenvalue weighted by molar-refractivity contribution is 0.316. The van der Waals surface area contributed by atoms with Crippen LogP contribution in [0.3, 0.4) is 0 Å². The second kappa shape index (κ2) is 10.1. The number of halogens is 1. The first-order valence-corrected chi connectivity index (χ1v) is 14.2. The molecule has 0 unspecified atom stereocenters. The normalized spacial score (nSPS) is 17.1. The fourth-order valence-electron chi connectivity index (χ4n) is 5.92. The molecule has 2 aliphatic rings. The second-order valence-electron chi connectivity index (χ2n) is 11.8. The summed E-state index contributed by atoms with van der Waals surface area (Å²) in [5, 5.41) is 5.23. The third-order valence-electron chi connectivity index (χ3n) is 7.57. The van der Waals surface area contributed by atoms with E-state index in [4.69, 9.17) is 4.74 Å². The van der Waals surface area contributed by atoms with E-state index in [2.05, 4.69) is 135 Å². The van der Waals surface area contributed by atoms with E-state index >= 15 is 0 Å². The Balaban J connectivity index is 0.000000233. The average molecular weight is 554 g/mol. The molecule has 6 rings (SSSR count). The van der Waals surface area contributed by atoms with Crippen molar-refractivity contribution in [3.63, 3.8) is 0 Å². The lowest BCUT2D eigenvalue weighted by atomic mass is 9.64. The fraction of sp³-hybridized carbons (Fsp3) is 0.314. The summed E-state index contributed by atoms with van der Waals surface area (Å²) in [5.74, 6) is 0.952. The van der Waals surface area contributed by atoms with Gasteiger partial charge in [-0.15, -0.1) is 0 Å². The van der Waals surface area contributed by atoms with Crippen LogP contribution < -0.4 is 4.74 Å². The Morgan fingerprint density at radius 2 is 1.46 bits per heavy atom. The molecule has 0 spiro atoms. The summed E-state index contributed by atoms with van der Waals surface area (Å²) in [5.41, 5.74) is 6.31. The van der Waals surface area contributed by atoms with Gasteiger partial charge in [-0.2, -0.15) is 0 Å². The van der Waals surface area contributed by atoms with Crippen LogP contribution in [-0.2, 0) is 5.41 Å². The average Bonchev–Trinajstić information content (AvgIpc) is 2.86. The standard InChI is InChI=1S/C25H29BrO.C10H8/c1-6-11-27-22-13-20-16(12-21(22)26)7-8-19-18-9-10-24(2,3)14-17(18)15-25(4,5)23(19)20;1-2-6-10-8-4-3-7-9(10)5-1/h7-10,12-13H,6,11,14-15H2,1-5H3;1-8H. The van der Waals surface area contributed by atoms with Crippen molar-refractivity contribution in [3.05, 3.63) is 106 Å². The van der Waals surface area contributed by atoms with Crippen LogP contribution >= 0.6 is 15.9 Å². The Morgan fingerprint density at radius 3 is 2.08 bits per heavy atom. The molecule has 0 saturated heterocycles. The minimum Gasteiger partial charge on any atom is -0.492 e. The maximum atomic E-state index is 6.01. The molecule has 0 bridgehead atoms. The van der Waals surface area contributed by atoms with Crippen molar-refractivity contribution in [3.8, 4) is 5.75 Å². The van der Waals surface area contributed by atoms with E-state index in [0.717, 1.165) is 36.1 Å². The van der Waals surface area contributed by atoms with Gasteiger partial charge in [0.05, 0.1) is 11.1 Å². The van der Waals surface area contributed by atoms with E-state index in [0.29, 0.717) is 0 Å². The van der Waals surface area contributed by atoms with Crippen molar-refractivity contribution in [2.75, 3.05) is 6.61 Å². The molecule has 0 saturated carbocycles. The molecule has 0 heterocycles. The van der Waals surface area contributed by atoms with Crippen LogP contribution in [0.1, 0.15) is 65.0 Å². The largest absolute Gasteiger partial charge is 0.492 e. The van der Waals surface area contributed by atoms with Gasteiger partial charge in [0.1, 0.15) is 5.75 Å². The van der Waals surface area contributed by atoms with E-state index in [9.17, 15) is 0 Å². The highest BCUT2D eigenvalue weighted by Gasteiger charge is 2.36. The Hall–Kier alpha value is -2.84. The molecule has 0 amide bonds. The molecule has 0 atom stereocenters. The number of allylic oxidation sites excluding steroid dienone is 4. The zero-order chi connectivity index (χ0) is 26.2. The Bertz CT molecular complexity index is 1450. The van der Waals surface area contributed by atoms with E-state index in [1.165, 1.54) is 38.2 Å². The summed E-state index contributed by atoms with van der Waals surface area (Å²) < 4.78 is 7.05. The van der Waals surface area contributed by atoms with Crippen molar-refractivity contribution in [2.45, 2.75) is 59.3 Å². The van der Waals surface area contributed by atoms with Gasteiger partial charge >= 0.3 is 0 Å². The number of hydrogen-bond donors (Lipinski definition) is 0. The van der Waals surface area contributed by atoms with Gasteiger partial charge in [-0.3, -0.25) is 0 Å². The van der Waals surface area contributed by atoms with Gasteiger partial charge in [-0.05, 0) is 96.4 Å². The zero-order valence-corrected chi connectivity index (χ0v) is 24.3. The van der Waals surface area contributed by atoms with E-state index < -0.39 is 0 Å². The summed E-state index contributed by atoms with van der Waals surface area (Å²) in [6, 6.07) is 25.8. The molecule has 0 aromatic heterocycles. The number of rotatable bonds is 3. The van der Waals surface area contributed by atoms with Crippen molar-refractivity contribution >= 4 is 43.0 Å². The van der Waals surface area contributed by atoms with Crippen molar-refractivity contribution in [1.29, 1.82) is 0 Å². The monoisotopic (exact) mass is 552 g/mol. The maximum absolute atomic E-state index is 6.01. The maximum Gasteiger partial charge on any atom is 0.134 e. The highest BCUT2D eigenvalue weighted by Crippen LogP contribution is 2.51. The van der Waals surface area contributed by atoms with Gasteiger partial charge in [0.2, 0.25) is 0 Å². The molecule has 37 heavy (non-hydrogen) atoms. The first-order valence-electron chi connectivity index (χ1n) is 13.4. The molecule has 4 aromatic rings. The summed E-state index contributed by atoms with van der Waals surface area (Å²) in [7, 11) is 0. The minimum absolute atomic E-state index is 0.116. The Morgan fingerprint density at radius 1 is 0.811 bits per heavy atom. The lowest BCUT2D eigenvalue weighted by Crippen LogP contribution is -2.27. The molecule has 0 radical (unpaired) electrons. The minimum atomic E-state index is 0.116. The van der Waals surface area contributed by atoms with Crippen molar-refractivity contribution in [2.24, 2.45) is 5.41 Å². The fourth-order valence-corrected chi connectivity index (χ4v) is 6.40. The van der Waals surface area contributed by atoms with Gasteiger partial charge in [0.25, 0.3) is 0 Å². The van der Waals surface area contributed by atoms with Crippen LogP contribution in [-0.4, -0.2) is 6.61 Å². The first-order chi connectivity index (χ1) is 17.7. The molecule has 1 nitrogen and oxygen atoms in total. The van der Waals surface area contributed by atoms with Gasteiger partial charge < -0.3 is 4.74 Å². The predicted molar refractivity (Wildman–Crippen MR) is 163 cm³/mol. The number of benzene rings is 4. The predicted octanol–water partition coefficient (Wildman–Crippen LogP) is 10.7. The highest BCUT2D eigenvalue weighted by molar-refractivity contribution is 9.10. The Kier molecular flexibility index (Phi) is 7.07. The first kappa shape index (κ1) is 25.8. The van der Waals surface area contributed by atoms with Crippen LogP contribution in [0.15, 0.2) is 95.0 Å². The molecule has 4 aromatic carbocycles. The summed E-state index contributed by atoms with van der Waals surface area (Å²) in [6.07, 6.45) is 8.05.